The average molecular weight is 651 g/mol. The first kappa shape index (κ1) is 32.6. The van der Waals surface area contributed by atoms with Crippen LogP contribution in [-0.4, -0.2) is 50.4 Å². The van der Waals surface area contributed by atoms with E-state index in [1.807, 2.05) is 6.92 Å². The SMILES string of the molecule is CCOc1ccc(S(=O)(=O)N(CC(=O)N(Cc2c(Cl)cccc2Cl)[C@H](C)C(=O)NC2CCCC2)c2ccc(F)cc2)cc1. The van der Waals surface area contributed by atoms with Crippen molar-refractivity contribution < 1.29 is 27.1 Å². The topological polar surface area (TPSA) is 96.0 Å². The summed E-state index contributed by atoms with van der Waals surface area (Å²) in [5.41, 5.74) is 0.491. The number of benzene rings is 3. The van der Waals surface area contributed by atoms with Crippen molar-refractivity contribution in [1.82, 2.24) is 10.2 Å². The molecule has 12 heteroatoms. The molecule has 1 saturated carbocycles. The third kappa shape index (κ3) is 7.99. The summed E-state index contributed by atoms with van der Waals surface area (Å²) < 4.78 is 48.0. The lowest BCUT2D eigenvalue weighted by molar-refractivity contribution is -0.139. The number of sulfonamides is 1. The Morgan fingerprint density at radius 3 is 2.19 bits per heavy atom. The highest BCUT2D eigenvalue weighted by molar-refractivity contribution is 7.92. The lowest BCUT2D eigenvalue weighted by atomic mass is 10.1. The van der Waals surface area contributed by atoms with Crippen molar-refractivity contribution in [3.8, 4) is 5.75 Å². The average Bonchev–Trinajstić information content (AvgIpc) is 3.49. The summed E-state index contributed by atoms with van der Waals surface area (Å²) in [7, 11) is -4.33. The van der Waals surface area contributed by atoms with Crippen molar-refractivity contribution in [2.45, 2.75) is 63.1 Å². The maximum absolute atomic E-state index is 14.1. The molecule has 0 bridgehead atoms. The summed E-state index contributed by atoms with van der Waals surface area (Å²) in [6, 6.07) is 14.5. The van der Waals surface area contributed by atoms with Gasteiger partial charge in [0.2, 0.25) is 11.8 Å². The van der Waals surface area contributed by atoms with E-state index in [4.69, 9.17) is 27.9 Å². The van der Waals surface area contributed by atoms with Crippen LogP contribution in [0, 0.1) is 5.82 Å². The van der Waals surface area contributed by atoms with E-state index >= 15 is 0 Å². The van der Waals surface area contributed by atoms with Crippen LogP contribution < -0.4 is 14.4 Å². The molecule has 230 valence electrons. The molecule has 0 radical (unpaired) electrons. The Labute approximate surface area is 261 Å². The number of nitrogens with one attached hydrogen (secondary N) is 1. The van der Waals surface area contributed by atoms with Gasteiger partial charge in [-0.3, -0.25) is 13.9 Å². The van der Waals surface area contributed by atoms with Crippen molar-refractivity contribution in [3.63, 3.8) is 0 Å². The predicted molar refractivity (Wildman–Crippen MR) is 165 cm³/mol. The molecule has 3 aromatic rings. The van der Waals surface area contributed by atoms with Gasteiger partial charge in [-0.2, -0.15) is 0 Å². The molecule has 1 fully saturated rings. The van der Waals surface area contributed by atoms with E-state index in [9.17, 15) is 22.4 Å². The van der Waals surface area contributed by atoms with Gasteiger partial charge in [-0.1, -0.05) is 42.1 Å². The zero-order valence-electron chi connectivity index (χ0n) is 23.9. The van der Waals surface area contributed by atoms with Crippen LogP contribution in [0.5, 0.6) is 5.75 Å². The van der Waals surface area contributed by atoms with Crippen LogP contribution in [0.3, 0.4) is 0 Å². The van der Waals surface area contributed by atoms with Crippen LogP contribution in [0.15, 0.2) is 71.6 Å². The zero-order valence-corrected chi connectivity index (χ0v) is 26.3. The van der Waals surface area contributed by atoms with Gasteiger partial charge in [0.05, 0.1) is 17.2 Å². The van der Waals surface area contributed by atoms with Gasteiger partial charge in [0.25, 0.3) is 10.0 Å². The molecular weight excluding hydrogens is 616 g/mol. The number of nitrogens with zero attached hydrogens (tertiary/aromatic N) is 2. The fourth-order valence-electron chi connectivity index (χ4n) is 4.97. The second-order valence-corrected chi connectivity index (χ2v) is 13.0. The lowest BCUT2D eigenvalue weighted by Crippen LogP contribution is -2.52. The summed E-state index contributed by atoms with van der Waals surface area (Å²) >= 11 is 12.9. The largest absolute Gasteiger partial charge is 0.494 e. The zero-order chi connectivity index (χ0) is 31.1. The van der Waals surface area contributed by atoms with Crippen LogP contribution in [0.2, 0.25) is 10.0 Å². The Morgan fingerprint density at radius 1 is 1.00 bits per heavy atom. The van der Waals surface area contributed by atoms with Crippen molar-refractivity contribution in [2.75, 3.05) is 17.5 Å². The third-order valence-electron chi connectivity index (χ3n) is 7.38. The van der Waals surface area contributed by atoms with Gasteiger partial charge in [-0.25, -0.2) is 12.8 Å². The predicted octanol–water partition coefficient (Wildman–Crippen LogP) is 6.20. The second kappa shape index (κ2) is 14.4. The van der Waals surface area contributed by atoms with Gasteiger partial charge >= 0.3 is 0 Å². The molecule has 3 aromatic carbocycles. The number of rotatable bonds is 12. The maximum Gasteiger partial charge on any atom is 0.264 e. The first-order valence-corrected chi connectivity index (χ1v) is 16.2. The highest BCUT2D eigenvalue weighted by atomic mass is 35.5. The van der Waals surface area contributed by atoms with Crippen molar-refractivity contribution in [3.05, 3.63) is 88.2 Å². The minimum atomic E-state index is -4.33. The van der Waals surface area contributed by atoms with Crippen LogP contribution in [0.1, 0.15) is 45.1 Å². The Morgan fingerprint density at radius 2 is 1.60 bits per heavy atom. The number of amides is 2. The molecule has 2 amide bonds. The normalized spacial score (nSPS) is 14.3. The molecule has 0 aromatic heterocycles. The molecule has 0 aliphatic heterocycles. The highest BCUT2D eigenvalue weighted by Crippen LogP contribution is 2.29. The first-order chi connectivity index (χ1) is 20.5. The molecule has 0 unspecified atom stereocenters. The summed E-state index contributed by atoms with van der Waals surface area (Å²) in [6.07, 6.45) is 3.71. The summed E-state index contributed by atoms with van der Waals surface area (Å²) in [5, 5.41) is 3.60. The Hall–Kier alpha value is -3.34. The van der Waals surface area contributed by atoms with Crippen molar-refractivity contribution in [1.29, 1.82) is 0 Å². The molecule has 0 spiro atoms. The van der Waals surface area contributed by atoms with Crippen LogP contribution in [0.25, 0.3) is 0 Å². The fraction of sp³-hybridized carbons (Fsp3) is 0.355. The van der Waals surface area contributed by atoms with E-state index in [0.717, 1.165) is 42.1 Å². The van der Waals surface area contributed by atoms with Crippen LogP contribution in [-0.2, 0) is 26.2 Å². The van der Waals surface area contributed by atoms with E-state index in [-0.39, 0.29) is 29.1 Å². The van der Waals surface area contributed by atoms with E-state index in [1.165, 1.54) is 41.3 Å². The van der Waals surface area contributed by atoms with Gasteiger partial charge in [-0.15, -0.1) is 0 Å². The van der Waals surface area contributed by atoms with Crippen LogP contribution >= 0.6 is 23.2 Å². The number of hydrogen-bond donors (Lipinski definition) is 1. The molecule has 1 aliphatic rings. The molecule has 8 nitrogen and oxygen atoms in total. The number of carbonyl (C=O) groups excluding carboxylic acids is 2. The smallest absolute Gasteiger partial charge is 0.264 e. The Bertz CT molecular complexity index is 1510. The van der Waals surface area contributed by atoms with Gasteiger partial charge in [0.15, 0.2) is 0 Å². The molecular formula is C31H34Cl2FN3O5S. The quantitative estimate of drug-likeness (QED) is 0.252. The van der Waals surface area contributed by atoms with Gasteiger partial charge in [0.1, 0.15) is 24.2 Å². The monoisotopic (exact) mass is 649 g/mol. The Balaban J connectivity index is 1.70. The minimum absolute atomic E-state index is 0.00607. The first-order valence-electron chi connectivity index (χ1n) is 14.0. The van der Waals surface area contributed by atoms with Crippen LogP contribution in [0.4, 0.5) is 10.1 Å². The molecule has 1 N–H and O–H groups in total. The number of carbonyl (C=O) groups is 2. The van der Waals surface area contributed by atoms with E-state index in [0.29, 0.717) is 28.0 Å². The molecule has 0 saturated heterocycles. The van der Waals surface area contributed by atoms with E-state index < -0.39 is 34.3 Å². The third-order valence-corrected chi connectivity index (χ3v) is 9.87. The van der Waals surface area contributed by atoms with Gasteiger partial charge in [0, 0.05) is 28.2 Å². The van der Waals surface area contributed by atoms with Crippen molar-refractivity contribution in [2.24, 2.45) is 0 Å². The van der Waals surface area contributed by atoms with Crippen molar-refractivity contribution >= 4 is 50.7 Å². The molecule has 1 atom stereocenters. The number of ether oxygens (including phenoxy) is 1. The van der Waals surface area contributed by atoms with Gasteiger partial charge < -0.3 is 15.0 Å². The summed E-state index contributed by atoms with van der Waals surface area (Å²) in [4.78, 5) is 28.6. The molecule has 0 heterocycles. The summed E-state index contributed by atoms with van der Waals surface area (Å²) in [6.45, 7) is 2.97. The molecule has 4 rings (SSSR count). The number of anilines is 1. The fourth-order valence-corrected chi connectivity index (χ4v) is 6.90. The number of halogens is 3. The lowest BCUT2D eigenvalue weighted by Gasteiger charge is -2.33. The Kier molecular flexibility index (Phi) is 10.9. The maximum atomic E-state index is 14.1. The van der Waals surface area contributed by atoms with Gasteiger partial charge in [-0.05, 0) is 87.4 Å². The second-order valence-electron chi connectivity index (χ2n) is 10.3. The molecule has 43 heavy (non-hydrogen) atoms. The van der Waals surface area contributed by atoms with E-state index in [1.54, 1.807) is 25.1 Å². The highest BCUT2D eigenvalue weighted by Gasteiger charge is 2.34. The standard InChI is InChI=1S/C31H34Cl2FN3O5S/c1-3-42-25-15-17-26(18-16-25)43(40,41)37(24-13-11-22(34)12-14-24)20-30(38)36(19-27-28(32)9-6-10-29(27)33)21(2)31(39)35-23-7-4-5-8-23/h6,9-18,21,23H,3-5,7-8,19-20H2,1-2H3,(H,35,39)/t21-/m1/s1. The molecule has 1 aliphatic carbocycles. The summed E-state index contributed by atoms with van der Waals surface area (Å²) in [5.74, 6) is -1.13. The number of hydrogen-bond acceptors (Lipinski definition) is 5. The van der Waals surface area contributed by atoms with E-state index in [2.05, 4.69) is 5.32 Å². The minimum Gasteiger partial charge on any atom is -0.494 e.